The average molecular weight is 216 g/mol. The molecule has 0 spiro atoms. The van der Waals surface area contributed by atoms with Crippen molar-refractivity contribution in [2.75, 3.05) is 12.4 Å². The Morgan fingerprint density at radius 3 is 2.00 bits per heavy atom. The monoisotopic (exact) mass is 216 g/mol. The van der Waals surface area contributed by atoms with Crippen LogP contribution < -0.4 is 0 Å². The molecule has 0 bridgehead atoms. The molecule has 0 rings (SSSR count). The quantitative estimate of drug-likeness (QED) is 0.557. The molecular formula is C12H24OS. The lowest BCUT2D eigenvalue weighted by Crippen LogP contribution is -1.85. The van der Waals surface area contributed by atoms with Gasteiger partial charge in [-0.25, -0.2) is 0 Å². The van der Waals surface area contributed by atoms with E-state index in [1.165, 1.54) is 49.2 Å². The zero-order chi connectivity index (χ0) is 10.6. The zero-order valence-corrected chi connectivity index (χ0v) is 10.2. The highest BCUT2D eigenvalue weighted by Crippen LogP contribution is 2.15. The molecule has 0 atom stereocenters. The van der Waals surface area contributed by atoms with Gasteiger partial charge in [0.25, 0.3) is 0 Å². The van der Waals surface area contributed by atoms with Crippen molar-refractivity contribution in [2.45, 2.75) is 51.9 Å². The molecule has 84 valence electrons. The van der Waals surface area contributed by atoms with Gasteiger partial charge >= 0.3 is 0 Å². The fourth-order valence-corrected chi connectivity index (χ4v) is 2.04. The molecule has 0 radical (unpaired) electrons. The van der Waals surface area contributed by atoms with Gasteiger partial charge in [-0.2, -0.15) is 0 Å². The Kier molecular flexibility index (Phi) is 11.2. The molecule has 2 heteroatoms. The number of hydrogen-bond acceptors (Lipinski definition) is 2. The molecule has 0 heterocycles. The third-order valence-electron chi connectivity index (χ3n) is 2.15. The van der Waals surface area contributed by atoms with Crippen molar-refractivity contribution in [3.8, 4) is 0 Å². The van der Waals surface area contributed by atoms with E-state index in [4.69, 9.17) is 5.11 Å². The van der Waals surface area contributed by atoms with Crippen molar-refractivity contribution in [3.05, 3.63) is 11.5 Å². The summed E-state index contributed by atoms with van der Waals surface area (Å²) in [7, 11) is 0. The highest BCUT2D eigenvalue weighted by molar-refractivity contribution is 8.03. The fraction of sp³-hybridized carbons (Fsp3) is 0.833. The van der Waals surface area contributed by atoms with Crippen molar-refractivity contribution in [1.29, 1.82) is 0 Å². The third-order valence-corrected chi connectivity index (χ3v) is 3.14. The molecule has 0 unspecified atom stereocenters. The van der Waals surface area contributed by atoms with E-state index in [0.29, 0.717) is 6.61 Å². The standard InChI is InChI=1S/C12H24OS/c1-12(2)14-11-9-7-5-3-4-6-8-10-13/h13H,1,3-11H2,2H3. The second kappa shape index (κ2) is 11.1. The minimum Gasteiger partial charge on any atom is -0.396 e. The van der Waals surface area contributed by atoms with Crippen LogP contribution in [0.1, 0.15) is 51.9 Å². The van der Waals surface area contributed by atoms with Crippen LogP contribution in [0.5, 0.6) is 0 Å². The van der Waals surface area contributed by atoms with Crippen LogP contribution in [0.4, 0.5) is 0 Å². The van der Waals surface area contributed by atoms with Crippen LogP contribution in [-0.4, -0.2) is 17.5 Å². The molecule has 0 aliphatic rings. The van der Waals surface area contributed by atoms with Crippen molar-refractivity contribution in [1.82, 2.24) is 0 Å². The van der Waals surface area contributed by atoms with E-state index < -0.39 is 0 Å². The van der Waals surface area contributed by atoms with Crippen LogP contribution in [0, 0.1) is 0 Å². The summed E-state index contributed by atoms with van der Waals surface area (Å²) in [5.74, 6) is 1.23. The maximum Gasteiger partial charge on any atom is 0.0431 e. The smallest absolute Gasteiger partial charge is 0.0431 e. The van der Waals surface area contributed by atoms with E-state index in [0.717, 1.165) is 6.42 Å². The first-order chi connectivity index (χ1) is 6.77. The lowest BCUT2D eigenvalue weighted by molar-refractivity contribution is 0.282. The fourth-order valence-electron chi connectivity index (χ4n) is 1.34. The van der Waals surface area contributed by atoms with Gasteiger partial charge < -0.3 is 5.11 Å². The van der Waals surface area contributed by atoms with Gasteiger partial charge in [-0.3, -0.25) is 0 Å². The maximum absolute atomic E-state index is 8.58. The number of allylic oxidation sites excluding steroid dienone is 1. The molecule has 1 nitrogen and oxygen atoms in total. The van der Waals surface area contributed by atoms with Gasteiger partial charge in [0.05, 0.1) is 0 Å². The van der Waals surface area contributed by atoms with E-state index in [9.17, 15) is 0 Å². The summed E-state index contributed by atoms with van der Waals surface area (Å²) in [6.45, 7) is 6.29. The molecule has 0 amide bonds. The summed E-state index contributed by atoms with van der Waals surface area (Å²) < 4.78 is 0. The predicted octanol–water partition coefficient (Wildman–Crippen LogP) is 3.98. The van der Waals surface area contributed by atoms with E-state index in [1.54, 1.807) is 0 Å². The topological polar surface area (TPSA) is 20.2 Å². The Labute approximate surface area is 93.0 Å². The summed E-state index contributed by atoms with van der Waals surface area (Å²) in [6, 6.07) is 0. The number of hydrogen-bond donors (Lipinski definition) is 1. The number of aliphatic hydroxyl groups excluding tert-OH is 1. The van der Waals surface area contributed by atoms with Gasteiger partial charge in [0.1, 0.15) is 0 Å². The molecule has 0 aromatic carbocycles. The van der Waals surface area contributed by atoms with Crippen LogP contribution in [0.25, 0.3) is 0 Å². The minimum absolute atomic E-state index is 0.356. The summed E-state index contributed by atoms with van der Waals surface area (Å²) >= 11 is 1.88. The normalized spacial score (nSPS) is 10.4. The zero-order valence-electron chi connectivity index (χ0n) is 9.43. The molecule has 0 aliphatic carbocycles. The summed E-state index contributed by atoms with van der Waals surface area (Å²) in [6.07, 6.45) is 8.80. The SMILES string of the molecule is C=C(C)SCCCCCCCCCO. The maximum atomic E-state index is 8.58. The number of aliphatic hydroxyl groups is 1. The molecule has 0 saturated heterocycles. The van der Waals surface area contributed by atoms with Crippen LogP contribution in [0.15, 0.2) is 11.5 Å². The van der Waals surface area contributed by atoms with Crippen LogP contribution >= 0.6 is 11.8 Å². The van der Waals surface area contributed by atoms with E-state index in [-0.39, 0.29) is 0 Å². The molecule has 0 fully saturated rings. The van der Waals surface area contributed by atoms with Crippen molar-refractivity contribution in [2.24, 2.45) is 0 Å². The molecule has 1 N–H and O–H groups in total. The Balaban J connectivity index is 2.88. The lowest BCUT2D eigenvalue weighted by Gasteiger charge is -2.01. The largest absolute Gasteiger partial charge is 0.396 e. The highest BCUT2D eigenvalue weighted by atomic mass is 32.2. The third kappa shape index (κ3) is 12.0. The van der Waals surface area contributed by atoms with Crippen molar-refractivity contribution >= 4 is 11.8 Å². The van der Waals surface area contributed by atoms with Gasteiger partial charge in [0.15, 0.2) is 0 Å². The van der Waals surface area contributed by atoms with Gasteiger partial charge in [0, 0.05) is 6.61 Å². The van der Waals surface area contributed by atoms with Gasteiger partial charge in [-0.05, 0) is 30.4 Å². The Morgan fingerprint density at radius 2 is 1.50 bits per heavy atom. The molecular weight excluding hydrogens is 192 g/mol. The molecule has 0 saturated carbocycles. The van der Waals surface area contributed by atoms with Gasteiger partial charge in [0.2, 0.25) is 0 Å². The van der Waals surface area contributed by atoms with E-state index >= 15 is 0 Å². The Morgan fingerprint density at radius 1 is 1.00 bits per heavy atom. The Hall–Kier alpha value is 0.0500. The second-order valence-electron chi connectivity index (χ2n) is 3.75. The number of unbranched alkanes of at least 4 members (excludes halogenated alkanes) is 6. The van der Waals surface area contributed by atoms with Gasteiger partial charge in [-0.1, -0.05) is 38.7 Å². The first kappa shape index (κ1) is 14.1. The highest BCUT2D eigenvalue weighted by Gasteiger charge is 1.92. The number of thioether (sulfide) groups is 1. The summed E-state index contributed by atoms with van der Waals surface area (Å²) in [5.41, 5.74) is 0. The molecule has 0 aromatic rings. The molecule has 0 aromatic heterocycles. The lowest BCUT2D eigenvalue weighted by atomic mass is 10.1. The van der Waals surface area contributed by atoms with E-state index in [1.807, 2.05) is 11.8 Å². The first-order valence-electron chi connectivity index (χ1n) is 5.66. The van der Waals surface area contributed by atoms with E-state index in [2.05, 4.69) is 13.5 Å². The van der Waals surface area contributed by atoms with Crippen LogP contribution in [0.3, 0.4) is 0 Å². The Bertz CT molecular complexity index is 134. The second-order valence-corrected chi connectivity index (χ2v) is 5.14. The average Bonchev–Trinajstić information content (AvgIpc) is 2.15. The van der Waals surface area contributed by atoms with Crippen LogP contribution in [0.2, 0.25) is 0 Å². The van der Waals surface area contributed by atoms with Crippen molar-refractivity contribution in [3.63, 3.8) is 0 Å². The van der Waals surface area contributed by atoms with Gasteiger partial charge in [-0.15, -0.1) is 11.8 Å². The number of rotatable bonds is 10. The van der Waals surface area contributed by atoms with Crippen molar-refractivity contribution < 1.29 is 5.11 Å². The summed E-state index contributed by atoms with van der Waals surface area (Å²) in [5, 5.41) is 8.58. The molecule has 14 heavy (non-hydrogen) atoms. The predicted molar refractivity (Wildman–Crippen MR) is 66.7 cm³/mol. The van der Waals surface area contributed by atoms with Crippen LogP contribution in [-0.2, 0) is 0 Å². The minimum atomic E-state index is 0.356. The summed E-state index contributed by atoms with van der Waals surface area (Å²) in [4.78, 5) is 1.23. The molecule has 0 aliphatic heterocycles. The first-order valence-corrected chi connectivity index (χ1v) is 6.65.